The van der Waals surface area contributed by atoms with E-state index in [-0.39, 0.29) is 11.4 Å². The predicted molar refractivity (Wildman–Crippen MR) is 36.3 cm³/mol. The van der Waals surface area contributed by atoms with E-state index >= 15 is 0 Å². The highest BCUT2D eigenvalue weighted by Crippen LogP contribution is 2.53. The fraction of sp³-hybridized carbons (Fsp3) is 0.625. The van der Waals surface area contributed by atoms with Crippen molar-refractivity contribution >= 4 is 5.91 Å². The molecule has 0 aromatic carbocycles. The molecular formula is C8H9NO. The molecule has 1 aliphatic carbocycles. The minimum Gasteiger partial charge on any atom is -0.330 e. The van der Waals surface area contributed by atoms with E-state index in [1.54, 1.807) is 6.08 Å². The number of carbonyl (C=O) groups excluding carboxylic acids is 1. The Balaban J connectivity index is 2.11. The van der Waals surface area contributed by atoms with Crippen molar-refractivity contribution < 1.29 is 4.79 Å². The Labute approximate surface area is 59.5 Å². The number of nitrogens with zero attached hydrogens (tertiary/aromatic N) is 1. The number of carbonyl (C=O) groups is 1. The van der Waals surface area contributed by atoms with Crippen molar-refractivity contribution in [1.82, 2.24) is 4.90 Å². The van der Waals surface area contributed by atoms with Crippen LogP contribution in [0.1, 0.15) is 12.8 Å². The summed E-state index contributed by atoms with van der Waals surface area (Å²) in [5.74, 6) is 1.06. The third-order valence-electron chi connectivity index (χ3n) is 3.06. The molecule has 2 saturated heterocycles. The van der Waals surface area contributed by atoms with Gasteiger partial charge < -0.3 is 4.90 Å². The predicted octanol–water partition coefficient (Wildman–Crippen LogP) is 0.547. The molecule has 1 saturated carbocycles. The van der Waals surface area contributed by atoms with Gasteiger partial charge in [-0.3, -0.25) is 4.79 Å². The normalized spacial score (nSPS) is 47.8. The Morgan fingerprint density at radius 1 is 1.60 bits per heavy atom. The molecule has 2 nitrogen and oxygen atoms in total. The van der Waals surface area contributed by atoms with Gasteiger partial charge in [0.2, 0.25) is 5.91 Å². The van der Waals surface area contributed by atoms with Crippen LogP contribution in [0.4, 0.5) is 0 Å². The average Bonchev–Trinajstić information content (AvgIpc) is 2.36. The lowest BCUT2D eigenvalue weighted by Crippen LogP contribution is -2.41. The standard InChI is InChI=1S/C8H9NO/c10-7-1-2-8-3-6(4-8)5-9(7)8/h1-2,6H,3-5H2. The summed E-state index contributed by atoms with van der Waals surface area (Å²) in [5.41, 5.74) is 0.224. The molecule has 3 heterocycles. The zero-order valence-electron chi connectivity index (χ0n) is 5.71. The second-order valence-electron chi connectivity index (χ2n) is 3.66. The van der Waals surface area contributed by atoms with Gasteiger partial charge in [-0.1, -0.05) is 6.08 Å². The zero-order chi connectivity index (χ0) is 6.77. The lowest BCUT2D eigenvalue weighted by atomic mass is 9.74. The molecular weight excluding hydrogens is 126 g/mol. The molecule has 52 valence electrons. The minimum atomic E-state index is 0.224. The Morgan fingerprint density at radius 3 is 3.10 bits per heavy atom. The Hall–Kier alpha value is -0.790. The van der Waals surface area contributed by atoms with E-state index in [0.29, 0.717) is 0 Å². The average molecular weight is 135 g/mol. The van der Waals surface area contributed by atoms with E-state index in [0.717, 1.165) is 12.5 Å². The molecule has 1 spiro atoms. The molecule has 3 aliphatic heterocycles. The summed E-state index contributed by atoms with van der Waals surface area (Å²) < 4.78 is 0. The molecule has 3 fully saturated rings. The van der Waals surface area contributed by atoms with Gasteiger partial charge in [0.15, 0.2) is 0 Å². The van der Waals surface area contributed by atoms with Crippen LogP contribution >= 0.6 is 0 Å². The van der Waals surface area contributed by atoms with E-state index in [4.69, 9.17) is 0 Å². The van der Waals surface area contributed by atoms with Crippen LogP contribution in [0.5, 0.6) is 0 Å². The van der Waals surface area contributed by atoms with Crippen molar-refractivity contribution in [3.8, 4) is 0 Å². The van der Waals surface area contributed by atoms with Crippen molar-refractivity contribution in [2.24, 2.45) is 5.92 Å². The van der Waals surface area contributed by atoms with Gasteiger partial charge in [-0.25, -0.2) is 0 Å². The van der Waals surface area contributed by atoms with Crippen molar-refractivity contribution in [1.29, 1.82) is 0 Å². The van der Waals surface area contributed by atoms with Crippen LogP contribution in [0.15, 0.2) is 12.2 Å². The molecule has 0 unspecified atom stereocenters. The van der Waals surface area contributed by atoms with E-state index < -0.39 is 0 Å². The monoisotopic (exact) mass is 135 g/mol. The van der Waals surface area contributed by atoms with E-state index in [9.17, 15) is 4.79 Å². The SMILES string of the molecule is O=C1C=CC23CC(CN12)C3. The second kappa shape index (κ2) is 1.16. The molecule has 10 heavy (non-hydrogen) atoms. The number of hydrogen-bond donors (Lipinski definition) is 0. The quantitative estimate of drug-likeness (QED) is 0.475. The highest BCUT2D eigenvalue weighted by atomic mass is 16.2. The van der Waals surface area contributed by atoms with Crippen LogP contribution in [-0.4, -0.2) is 22.9 Å². The third-order valence-corrected chi connectivity index (χ3v) is 3.06. The second-order valence-corrected chi connectivity index (χ2v) is 3.66. The van der Waals surface area contributed by atoms with Crippen molar-refractivity contribution in [2.45, 2.75) is 18.4 Å². The van der Waals surface area contributed by atoms with Gasteiger partial charge in [0.1, 0.15) is 0 Å². The van der Waals surface area contributed by atoms with Gasteiger partial charge >= 0.3 is 0 Å². The lowest BCUT2D eigenvalue weighted by Gasteiger charge is -2.35. The topological polar surface area (TPSA) is 20.3 Å². The largest absolute Gasteiger partial charge is 0.330 e. The molecule has 4 rings (SSSR count). The van der Waals surface area contributed by atoms with Crippen LogP contribution in [0.2, 0.25) is 0 Å². The smallest absolute Gasteiger partial charge is 0.247 e. The molecule has 0 aromatic heterocycles. The first-order valence-electron chi connectivity index (χ1n) is 3.81. The minimum absolute atomic E-state index is 0.224. The van der Waals surface area contributed by atoms with Crippen LogP contribution in [0, 0.1) is 5.92 Å². The molecule has 0 N–H and O–H groups in total. The summed E-state index contributed by atoms with van der Waals surface area (Å²) in [4.78, 5) is 13.2. The zero-order valence-corrected chi connectivity index (χ0v) is 5.71. The van der Waals surface area contributed by atoms with E-state index in [1.807, 2.05) is 4.90 Å². The maximum atomic E-state index is 11.1. The van der Waals surface area contributed by atoms with Crippen LogP contribution in [0.25, 0.3) is 0 Å². The van der Waals surface area contributed by atoms with Gasteiger partial charge in [-0.2, -0.15) is 0 Å². The molecule has 0 atom stereocenters. The van der Waals surface area contributed by atoms with E-state index in [2.05, 4.69) is 6.08 Å². The van der Waals surface area contributed by atoms with Crippen LogP contribution in [-0.2, 0) is 4.79 Å². The van der Waals surface area contributed by atoms with Crippen molar-refractivity contribution in [3.63, 3.8) is 0 Å². The highest BCUT2D eigenvalue weighted by molar-refractivity contribution is 5.92. The highest BCUT2D eigenvalue weighted by Gasteiger charge is 2.58. The molecule has 0 aromatic rings. The number of amides is 1. The maximum absolute atomic E-state index is 11.1. The van der Waals surface area contributed by atoms with Crippen molar-refractivity contribution in [3.05, 3.63) is 12.2 Å². The summed E-state index contributed by atoms with van der Waals surface area (Å²) in [6, 6.07) is 0. The molecule has 4 aliphatic rings. The van der Waals surface area contributed by atoms with Crippen LogP contribution < -0.4 is 0 Å². The van der Waals surface area contributed by atoms with E-state index in [1.165, 1.54) is 12.8 Å². The fourth-order valence-electron chi connectivity index (χ4n) is 2.58. The van der Waals surface area contributed by atoms with Crippen LogP contribution in [0.3, 0.4) is 0 Å². The summed E-state index contributed by atoms with van der Waals surface area (Å²) in [7, 11) is 0. The lowest BCUT2D eigenvalue weighted by molar-refractivity contribution is -0.126. The fourth-order valence-corrected chi connectivity index (χ4v) is 2.58. The summed E-state index contributed by atoms with van der Waals surface area (Å²) in [6.07, 6.45) is 6.29. The van der Waals surface area contributed by atoms with Gasteiger partial charge in [0.25, 0.3) is 0 Å². The maximum Gasteiger partial charge on any atom is 0.247 e. The first-order valence-corrected chi connectivity index (χ1v) is 3.81. The summed E-state index contributed by atoms with van der Waals surface area (Å²) >= 11 is 0. The molecule has 2 heteroatoms. The molecule has 1 amide bonds. The van der Waals surface area contributed by atoms with Gasteiger partial charge in [0, 0.05) is 12.6 Å². The Kier molecular flexibility index (Phi) is 0.571. The number of rotatable bonds is 0. The number of hydrogen-bond acceptors (Lipinski definition) is 1. The third kappa shape index (κ3) is 0.326. The first-order chi connectivity index (χ1) is 4.80. The van der Waals surface area contributed by atoms with Gasteiger partial charge in [-0.05, 0) is 18.8 Å². The molecule has 2 bridgehead atoms. The van der Waals surface area contributed by atoms with Crippen molar-refractivity contribution in [2.75, 3.05) is 6.54 Å². The first kappa shape index (κ1) is 4.94. The Morgan fingerprint density at radius 2 is 2.40 bits per heavy atom. The van der Waals surface area contributed by atoms with Gasteiger partial charge in [-0.15, -0.1) is 0 Å². The van der Waals surface area contributed by atoms with Gasteiger partial charge in [0.05, 0.1) is 5.54 Å². The molecule has 0 radical (unpaired) electrons. The summed E-state index contributed by atoms with van der Waals surface area (Å²) in [6.45, 7) is 1.02. The summed E-state index contributed by atoms with van der Waals surface area (Å²) in [5, 5.41) is 0. The Bertz CT molecular complexity index is 238.